The van der Waals surface area contributed by atoms with E-state index in [1.54, 1.807) is 24.3 Å². The van der Waals surface area contributed by atoms with Crippen LogP contribution in [0.1, 0.15) is 27.9 Å². The van der Waals surface area contributed by atoms with Gasteiger partial charge in [0.15, 0.2) is 0 Å². The van der Waals surface area contributed by atoms with Gasteiger partial charge in [0.1, 0.15) is 0 Å². The van der Waals surface area contributed by atoms with Gasteiger partial charge in [0, 0.05) is 23.4 Å². The minimum absolute atomic E-state index is 0.268. The van der Waals surface area contributed by atoms with Crippen molar-refractivity contribution in [1.82, 2.24) is 10.2 Å². The number of hydrogen-bond donors (Lipinski definition) is 1. The second-order valence-electron chi connectivity index (χ2n) is 7.01. The van der Waals surface area contributed by atoms with Gasteiger partial charge in [-0.2, -0.15) is 0 Å². The molecule has 2 heterocycles. The summed E-state index contributed by atoms with van der Waals surface area (Å²) < 4.78 is 30.6. The predicted molar refractivity (Wildman–Crippen MR) is 109 cm³/mol. The zero-order chi connectivity index (χ0) is 20.6. The summed E-state index contributed by atoms with van der Waals surface area (Å²) in [5, 5.41) is 10.5. The summed E-state index contributed by atoms with van der Waals surface area (Å²) in [5.74, 6) is 0.102. The van der Waals surface area contributed by atoms with Crippen LogP contribution >= 0.6 is 0 Å². The lowest BCUT2D eigenvalue weighted by atomic mass is 10.0. The summed E-state index contributed by atoms with van der Waals surface area (Å²) in [7, 11) is -3.34. The van der Waals surface area contributed by atoms with E-state index < -0.39 is 10.0 Å². The van der Waals surface area contributed by atoms with Crippen LogP contribution in [0.3, 0.4) is 0 Å². The molecule has 0 spiro atoms. The number of aromatic nitrogens is 2. The smallest absolute Gasteiger partial charge is 0.255 e. The summed E-state index contributed by atoms with van der Waals surface area (Å²) >= 11 is 0. The Labute approximate surface area is 168 Å². The molecule has 1 aliphatic rings. The fourth-order valence-electron chi connectivity index (χ4n) is 3.43. The van der Waals surface area contributed by atoms with Gasteiger partial charge in [-0.05, 0) is 61.2 Å². The Balaban J connectivity index is 1.61. The average molecular weight is 412 g/mol. The van der Waals surface area contributed by atoms with Gasteiger partial charge in [-0.3, -0.25) is 9.10 Å². The van der Waals surface area contributed by atoms with E-state index in [0.29, 0.717) is 34.9 Å². The van der Waals surface area contributed by atoms with E-state index in [-0.39, 0.29) is 5.91 Å². The van der Waals surface area contributed by atoms with Crippen LogP contribution in [-0.2, 0) is 16.4 Å². The first-order valence-electron chi connectivity index (χ1n) is 9.12. The van der Waals surface area contributed by atoms with Gasteiger partial charge in [-0.25, -0.2) is 8.42 Å². The third-order valence-electron chi connectivity index (χ3n) is 4.91. The van der Waals surface area contributed by atoms with Crippen LogP contribution in [-0.4, -0.2) is 37.3 Å². The lowest BCUT2D eigenvalue weighted by molar-refractivity contribution is 0.102. The third kappa shape index (κ3) is 3.86. The van der Waals surface area contributed by atoms with Gasteiger partial charge in [-0.15, -0.1) is 10.2 Å². The number of hydrogen-bond acceptors (Lipinski definition) is 6. The van der Waals surface area contributed by atoms with E-state index in [4.69, 9.17) is 4.42 Å². The monoisotopic (exact) mass is 412 g/mol. The Bertz CT molecular complexity index is 1170. The number of anilines is 2. The molecule has 0 bridgehead atoms. The zero-order valence-corrected chi connectivity index (χ0v) is 16.9. The van der Waals surface area contributed by atoms with Crippen LogP contribution in [0.25, 0.3) is 11.5 Å². The first-order valence-corrected chi connectivity index (χ1v) is 11.0. The molecule has 9 heteroatoms. The first-order chi connectivity index (χ1) is 13.8. The van der Waals surface area contributed by atoms with E-state index in [1.807, 2.05) is 19.1 Å². The Morgan fingerprint density at radius 3 is 2.76 bits per heavy atom. The maximum Gasteiger partial charge on any atom is 0.255 e. The second kappa shape index (κ2) is 7.32. The fourth-order valence-corrected chi connectivity index (χ4v) is 4.43. The quantitative estimate of drug-likeness (QED) is 0.706. The molecule has 0 atom stereocenters. The number of carbonyl (C=O) groups is 1. The number of fused-ring (bicyclic) bond motifs is 1. The standard InChI is InChI=1S/C20H20N4O4S/c1-13-5-6-16(20-23-21-12-28-20)11-17(13)22-19(25)15-7-8-18-14(10-15)4-3-9-24(18)29(2,26)27/h5-8,10-12H,3-4,9H2,1-2H3,(H,22,25). The molecule has 0 radical (unpaired) electrons. The normalized spacial score (nSPS) is 13.8. The van der Waals surface area contributed by atoms with Gasteiger partial charge in [0.25, 0.3) is 5.91 Å². The van der Waals surface area contributed by atoms with Crippen molar-refractivity contribution in [2.45, 2.75) is 19.8 Å². The number of carbonyl (C=O) groups excluding carboxylic acids is 1. The van der Waals surface area contributed by atoms with Gasteiger partial charge in [-0.1, -0.05) is 6.07 Å². The van der Waals surface area contributed by atoms with Crippen molar-refractivity contribution in [2.24, 2.45) is 0 Å². The Kier molecular flexibility index (Phi) is 4.83. The number of nitrogens with one attached hydrogen (secondary N) is 1. The van der Waals surface area contributed by atoms with Crippen LogP contribution in [0.5, 0.6) is 0 Å². The number of sulfonamides is 1. The Morgan fingerprint density at radius 2 is 2.03 bits per heavy atom. The molecule has 0 fully saturated rings. The maximum atomic E-state index is 12.8. The minimum atomic E-state index is -3.34. The summed E-state index contributed by atoms with van der Waals surface area (Å²) in [6.45, 7) is 2.35. The number of rotatable bonds is 4. The second-order valence-corrected chi connectivity index (χ2v) is 8.92. The van der Waals surface area contributed by atoms with Crippen LogP contribution in [0.2, 0.25) is 0 Å². The molecule has 0 saturated carbocycles. The molecule has 29 heavy (non-hydrogen) atoms. The van der Waals surface area contributed by atoms with Crippen molar-refractivity contribution < 1.29 is 17.6 Å². The summed E-state index contributed by atoms with van der Waals surface area (Å²) in [6.07, 6.45) is 3.90. The SMILES string of the molecule is Cc1ccc(-c2nnco2)cc1NC(=O)c1ccc2c(c1)CCCN2S(C)(=O)=O. The molecule has 0 aliphatic carbocycles. The Hall–Kier alpha value is -3.20. The summed E-state index contributed by atoms with van der Waals surface area (Å²) in [4.78, 5) is 12.8. The van der Waals surface area contributed by atoms with Gasteiger partial charge in [0.2, 0.25) is 22.3 Å². The highest BCUT2D eigenvalue weighted by molar-refractivity contribution is 7.92. The number of benzene rings is 2. The molecule has 0 saturated heterocycles. The highest BCUT2D eigenvalue weighted by atomic mass is 32.2. The van der Waals surface area contributed by atoms with Crippen molar-refractivity contribution in [3.8, 4) is 11.5 Å². The molecule has 1 amide bonds. The van der Waals surface area contributed by atoms with Crippen molar-refractivity contribution in [3.63, 3.8) is 0 Å². The van der Waals surface area contributed by atoms with Crippen LogP contribution in [0, 0.1) is 6.92 Å². The largest absolute Gasteiger partial charge is 0.423 e. The van der Waals surface area contributed by atoms with Crippen molar-refractivity contribution in [3.05, 3.63) is 59.5 Å². The molecule has 150 valence electrons. The highest BCUT2D eigenvalue weighted by Gasteiger charge is 2.24. The van der Waals surface area contributed by atoms with Gasteiger partial charge >= 0.3 is 0 Å². The average Bonchev–Trinajstić information content (AvgIpc) is 3.22. The van der Waals surface area contributed by atoms with Crippen LogP contribution < -0.4 is 9.62 Å². The van der Waals surface area contributed by atoms with Crippen molar-refractivity contribution in [2.75, 3.05) is 22.4 Å². The maximum absolute atomic E-state index is 12.8. The molecule has 3 aromatic rings. The molecule has 4 rings (SSSR count). The van der Waals surface area contributed by atoms with E-state index >= 15 is 0 Å². The predicted octanol–water partition coefficient (Wildman–Crippen LogP) is 3.01. The Morgan fingerprint density at radius 1 is 1.21 bits per heavy atom. The van der Waals surface area contributed by atoms with E-state index in [1.165, 1.54) is 17.0 Å². The molecule has 1 aliphatic heterocycles. The first kappa shape index (κ1) is 19.1. The molecule has 0 unspecified atom stereocenters. The number of amides is 1. The lowest BCUT2D eigenvalue weighted by Gasteiger charge is -2.29. The van der Waals surface area contributed by atoms with Gasteiger partial charge in [0.05, 0.1) is 11.9 Å². The topological polar surface area (TPSA) is 105 Å². The summed E-state index contributed by atoms with van der Waals surface area (Å²) in [6, 6.07) is 10.6. The van der Waals surface area contributed by atoms with Gasteiger partial charge < -0.3 is 9.73 Å². The van der Waals surface area contributed by atoms with E-state index in [9.17, 15) is 13.2 Å². The lowest BCUT2D eigenvalue weighted by Crippen LogP contribution is -2.34. The van der Waals surface area contributed by atoms with E-state index in [2.05, 4.69) is 15.5 Å². The third-order valence-corrected chi connectivity index (χ3v) is 6.09. The zero-order valence-electron chi connectivity index (χ0n) is 16.0. The minimum Gasteiger partial charge on any atom is -0.423 e. The molecule has 2 aromatic carbocycles. The molecule has 1 N–H and O–H groups in total. The molecular weight excluding hydrogens is 392 g/mol. The summed E-state index contributed by atoms with van der Waals surface area (Å²) in [5.41, 5.74) is 4.21. The highest BCUT2D eigenvalue weighted by Crippen LogP contribution is 2.30. The fraction of sp³-hybridized carbons (Fsp3) is 0.250. The van der Waals surface area contributed by atoms with E-state index in [0.717, 1.165) is 24.0 Å². The molecular formula is C20H20N4O4S. The van der Waals surface area contributed by atoms with Crippen LogP contribution in [0.4, 0.5) is 11.4 Å². The van der Waals surface area contributed by atoms with Crippen LogP contribution in [0.15, 0.2) is 47.2 Å². The number of aryl methyl sites for hydroxylation is 2. The van der Waals surface area contributed by atoms with Crippen molar-refractivity contribution >= 4 is 27.3 Å². The molecule has 1 aromatic heterocycles. The van der Waals surface area contributed by atoms with Crippen molar-refractivity contribution in [1.29, 1.82) is 0 Å². The number of nitrogens with zero attached hydrogens (tertiary/aromatic N) is 3. The molecule has 8 nitrogen and oxygen atoms in total.